The average molecular weight is 242 g/mol. The lowest BCUT2D eigenvalue weighted by molar-refractivity contribution is 0.112. The Balaban J connectivity index is 1.90. The normalized spacial score (nSPS) is 14.4. The van der Waals surface area contributed by atoms with Crippen molar-refractivity contribution in [2.75, 3.05) is 11.4 Å². The highest BCUT2D eigenvalue weighted by Gasteiger charge is 2.18. The van der Waals surface area contributed by atoms with Gasteiger partial charge in [-0.05, 0) is 30.7 Å². The van der Waals surface area contributed by atoms with Crippen LogP contribution in [-0.2, 0) is 13.1 Å². The van der Waals surface area contributed by atoms with E-state index in [9.17, 15) is 4.79 Å². The molecule has 92 valence electrons. The maximum absolute atomic E-state index is 10.7. The van der Waals surface area contributed by atoms with Gasteiger partial charge in [0.05, 0.1) is 6.54 Å². The number of hydrogen-bond donors (Lipinski definition) is 0. The number of anilines is 1. The van der Waals surface area contributed by atoms with Gasteiger partial charge >= 0.3 is 0 Å². The number of rotatable bonds is 2. The lowest BCUT2D eigenvalue weighted by atomic mass is 10.1. The molecule has 5 heteroatoms. The van der Waals surface area contributed by atoms with E-state index in [-0.39, 0.29) is 0 Å². The van der Waals surface area contributed by atoms with Gasteiger partial charge in [-0.15, -0.1) is 10.2 Å². The van der Waals surface area contributed by atoms with Crippen LogP contribution < -0.4 is 4.90 Å². The molecule has 3 rings (SSSR count). The minimum Gasteiger partial charge on any atom is -0.362 e. The number of carbonyl (C=O) groups excluding carboxylic acids is 1. The van der Waals surface area contributed by atoms with Gasteiger partial charge in [0.2, 0.25) is 0 Å². The smallest absolute Gasteiger partial charge is 0.152 e. The molecule has 0 N–H and O–H groups in total. The highest BCUT2D eigenvalue weighted by atomic mass is 16.1. The third-order valence-corrected chi connectivity index (χ3v) is 3.34. The number of aromatic nitrogens is 3. The van der Waals surface area contributed by atoms with E-state index in [0.717, 1.165) is 48.6 Å². The molecule has 0 atom stereocenters. The summed E-state index contributed by atoms with van der Waals surface area (Å²) in [6.07, 6.45) is 2.65. The topological polar surface area (TPSA) is 51.0 Å². The molecule has 0 aliphatic carbocycles. The van der Waals surface area contributed by atoms with Gasteiger partial charge in [-0.25, -0.2) is 0 Å². The Labute approximate surface area is 105 Å². The maximum atomic E-state index is 10.7. The van der Waals surface area contributed by atoms with Crippen molar-refractivity contribution < 1.29 is 4.79 Å². The van der Waals surface area contributed by atoms with Gasteiger partial charge in [0.15, 0.2) is 5.82 Å². The van der Waals surface area contributed by atoms with E-state index in [2.05, 4.69) is 19.7 Å². The molecule has 0 fully saturated rings. The Morgan fingerprint density at radius 3 is 3.00 bits per heavy atom. The molecular weight excluding hydrogens is 228 g/mol. The number of fused-ring (bicyclic) bond motifs is 1. The van der Waals surface area contributed by atoms with E-state index in [4.69, 9.17) is 0 Å². The first-order valence-electron chi connectivity index (χ1n) is 5.95. The lowest BCUT2D eigenvalue weighted by Crippen LogP contribution is -2.34. The van der Waals surface area contributed by atoms with Gasteiger partial charge in [0.25, 0.3) is 0 Å². The van der Waals surface area contributed by atoms with Crippen molar-refractivity contribution in [1.82, 2.24) is 14.8 Å². The van der Waals surface area contributed by atoms with E-state index in [0.29, 0.717) is 0 Å². The Morgan fingerprint density at radius 1 is 1.33 bits per heavy atom. The summed E-state index contributed by atoms with van der Waals surface area (Å²) in [6.45, 7) is 4.63. The Bertz CT molecular complexity index is 590. The zero-order chi connectivity index (χ0) is 12.5. The van der Waals surface area contributed by atoms with Crippen LogP contribution in [-0.4, -0.2) is 27.6 Å². The molecule has 2 heterocycles. The Hall–Kier alpha value is -2.17. The van der Waals surface area contributed by atoms with E-state index in [1.54, 1.807) is 6.33 Å². The number of benzene rings is 1. The molecule has 2 aromatic rings. The van der Waals surface area contributed by atoms with Crippen molar-refractivity contribution in [1.29, 1.82) is 0 Å². The molecular formula is C13H14N4O. The van der Waals surface area contributed by atoms with Crippen LogP contribution in [0.25, 0.3) is 0 Å². The van der Waals surface area contributed by atoms with E-state index < -0.39 is 0 Å². The summed E-state index contributed by atoms with van der Waals surface area (Å²) >= 11 is 0. The molecule has 0 amide bonds. The molecule has 0 unspecified atom stereocenters. The SMILES string of the molecule is Cc1cc(C=O)ccc1N1CCn2cnnc2C1. The molecule has 0 spiro atoms. The van der Waals surface area contributed by atoms with Crippen LogP contribution in [0, 0.1) is 6.92 Å². The standard InChI is InChI=1S/C13H14N4O/c1-10-6-11(8-18)2-3-12(10)16-4-5-17-9-14-15-13(17)7-16/h2-3,6,8-9H,4-5,7H2,1H3. The zero-order valence-electron chi connectivity index (χ0n) is 10.2. The summed E-state index contributed by atoms with van der Waals surface area (Å²) in [6, 6.07) is 5.78. The van der Waals surface area contributed by atoms with Gasteiger partial charge < -0.3 is 9.47 Å². The first-order chi connectivity index (χ1) is 8.78. The zero-order valence-corrected chi connectivity index (χ0v) is 10.2. The fourth-order valence-electron chi connectivity index (χ4n) is 2.38. The van der Waals surface area contributed by atoms with Crippen molar-refractivity contribution >= 4 is 12.0 Å². The summed E-state index contributed by atoms with van der Waals surface area (Å²) in [5, 5.41) is 8.03. The molecule has 1 aliphatic rings. The van der Waals surface area contributed by atoms with Crippen LogP contribution in [0.5, 0.6) is 0 Å². The minimum absolute atomic E-state index is 0.719. The van der Waals surface area contributed by atoms with Gasteiger partial charge in [-0.1, -0.05) is 0 Å². The second-order valence-electron chi connectivity index (χ2n) is 4.53. The highest BCUT2D eigenvalue weighted by Crippen LogP contribution is 2.24. The second kappa shape index (κ2) is 4.25. The van der Waals surface area contributed by atoms with E-state index in [1.807, 2.05) is 25.1 Å². The second-order valence-corrected chi connectivity index (χ2v) is 4.53. The number of hydrogen-bond acceptors (Lipinski definition) is 4. The van der Waals surface area contributed by atoms with Crippen LogP contribution >= 0.6 is 0 Å². The maximum Gasteiger partial charge on any atom is 0.152 e. The summed E-state index contributed by atoms with van der Waals surface area (Å²) in [7, 11) is 0. The van der Waals surface area contributed by atoms with Crippen LogP contribution in [0.3, 0.4) is 0 Å². The average Bonchev–Trinajstić information content (AvgIpc) is 2.85. The quantitative estimate of drug-likeness (QED) is 0.747. The first-order valence-corrected chi connectivity index (χ1v) is 5.95. The van der Waals surface area contributed by atoms with Crippen molar-refractivity contribution in [3.05, 3.63) is 41.5 Å². The van der Waals surface area contributed by atoms with Crippen LogP contribution in [0.2, 0.25) is 0 Å². The highest BCUT2D eigenvalue weighted by molar-refractivity contribution is 5.77. The van der Waals surface area contributed by atoms with Crippen LogP contribution in [0.1, 0.15) is 21.7 Å². The molecule has 18 heavy (non-hydrogen) atoms. The summed E-state index contributed by atoms with van der Waals surface area (Å²) < 4.78 is 2.08. The van der Waals surface area contributed by atoms with Crippen molar-refractivity contribution in [3.8, 4) is 0 Å². The third kappa shape index (κ3) is 1.77. The molecule has 1 aromatic carbocycles. The third-order valence-electron chi connectivity index (χ3n) is 3.34. The van der Waals surface area contributed by atoms with Crippen molar-refractivity contribution in [3.63, 3.8) is 0 Å². The van der Waals surface area contributed by atoms with E-state index >= 15 is 0 Å². The molecule has 0 saturated carbocycles. The summed E-state index contributed by atoms with van der Waals surface area (Å²) in [5.74, 6) is 0.986. The Kier molecular flexibility index (Phi) is 2.59. The molecule has 0 radical (unpaired) electrons. The molecule has 1 aromatic heterocycles. The van der Waals surface area contributed by atoms with Gasteiger partial charge in [-0.2, -0.15) is 0 Å². The number of aryl methyl sites for hydroxylation is 1. The fraction of sp³-hybridized carbons (Fsp3) is 0.308. The molecule has 0 bridgehead atoms. The molecule has 5 nitrogen and oxygen atoms in total. The molecule has 0 saturated heterocycles. The predicted octanol–water partition coefficient (Wildman–Crippen LogP) is 1.42. The number of carbonyl (C=O) groups is 1. The van der Waals surface area contributed by atoms with Crippen LogP contribution in [0.4, 0.5) is 5.69 Å². The van der Waals surface area contributed by atoms with Gasteiger partial charge in [0.1, 0.15) is 12.6 Å². The number of aldehydes is 1. The first kappa shape index (κ1) is 11.0. The summed E-state index contributed by atoms with van der Waals surface area (Å²) in [4.78, 5) is 13.0. The lowest BCUT2D eigenvalue weighted by Gasteiger charge is -2.30. The van der Waals surface area contributed by atoms with E-state index in [1.165, 1.54) is 0 Å². The van der Waals surface area contributed by atoms with Crippen molar-refractivity contribution in [2.45, 2.75) is 20.0 Å². The fourth-order valence-corrected chi connectivity index (χ4v) is 2.38. The van der Waals surface area contributed by atoms with Crippen LogP contribution in [0.15, 0.2) is 24.5 Å². The minimum atomic E-state index is 0.719. The monoisotopic (exact) mass is 242 g/mol. The predicted molar refractivity (Wildman–Crippen MR) is 67.6 cm³/mol. The largest absolute Gasteiger partial charge is 0.362 e. The number of nitrogens with zero attached hydrogens (tertiary/aromatic N) is 4. The molecule has 1 aliphatic heterocycles. The Morgan fingerprint density at radius 2 is 2.22 bits per heavy atom. The van der Waals surface area contributed by atoms with Gasteiger partial charge in [-0.3, -0.25) is 4.79 Å². The summed E-state index contributed by atoms with van der Waals surface area (Å²) in [5.41, 5.74) is 3.00. The van der Waals surface area contributed by atoms with Gasteiger partial charge in [0, 0.05) is 24.3 Å². The van der Waals surface area contributed by atoms with Crippen molar-refractivity contribution in [2.24, 2.45) is 0 Å².